The van der Waals surface area contributed by atoms with Gasteiger partial charge in [-0.2, -0.15) is 0 Å². The predicted molar refractivity (Wildman–Crippen MR) is 93.4 cm³/mol. The maximum atomic E-state index is 12.8. The van der Waals surface area contributed by atoms with Crippen LogP contribution in [0.5, 0.6) is 5.75 Å². The number of aromatic nitrogens is 1. The average molecular weight is 346 g/mol. The molecule has 1 aromatic carbocycles. The van der Waals surface area contributed by atoms with E-state index in [2.05, 4.69) is 4.98 Å². The Labute approximate surface area is 146 Å². The first kappa shape index (κ1) is 16.9. The summed E-state index contributed by atoms with van der Waals surface area (Å²) in [5.41, 5.74) is 3.34. The van der Waals surface area contributed by atoms with Crippen molar-refractivity contribution in [2.24, 2.45) is 5.92 Å². The molecule has 1 aromatic heterocycles. The number of thiazole rings is 1. The van der Waals surface area contributed by atoms with Crippen molar-refractivity contribution in [3.8, 4) is 5.75 Å². The summed E-state index contributed by atoms with van der Waals surface area (Å²) in [6, 6.07) is 7.37. The van der Waals surface area contributed by atoms with Gasteiger partial charge in [0.15, 0.2) is 0 Å². The summed E-state index contributed by atoms with van der Waals surface area (Å²) < 4.78 is 11.2. The lowest BCUT2D eigenvalue weighted by atomic mass is 10.1. The fraction of sp³-hybridized carbons (Fsp3) is 0.444. The summed E-state index contributed by atoms with van der Waals surface area (Å²) >= 11 is 1.54. The molecule has 0 unspecified atom stereocenters. The lowest BCUT2D eigenvalue weighted by Gasteiger charge is -2.24. The molecule has 5 nitrogen and oxygen atoms in total. The highest BCUT2D eigenvalue weighted by molar-refractivity contribution is 7.07. The molecule has 0 N–H and O–H groups in total. The van der Waals surface area contributed by atoms with Gasteiger partial charge in [-0.05, 0) is 31.5 Å². The van der Waals surface area contributed by atoms with Crippen molar-refractivity contribution in [1.29, 1.82) is 0 Å². The van der Waals surface area contributed by atoms with E-state index in [-0.39, 0.29) is 5.91 Å². The van der Waals surface area contributed by atoms with E-state index >= 15 is 0 Å². The van der Waals surface area contributed by atoms with E-state index in [1.54, 1.807) is 16.8 Å². The van der Waals surface area contributed by atoms with Gasteiger partial charge < -0.3 is 14.4 Å². The minimum atomic E-state index is 0.0449. The van der Waals surface area contributed by atoms with Crippen LogP contribution in [0.3, 0.4) is 0 Å². The zero-order chi connectivity index (χ0) is 16.8. The second-order valence-corrected chi connectivity index (χ2v) is 6.59. The van der Waals surface area contributed by atoms with Crippen molar-refractivity contribution in [2.75, 3.05) is 26.3 Å². The summed E-state index contributed by atoms with van der Waals surface area (Å²) in [6.07, 6.45) is 1.03. The highest BCUT2D eigenvalue weighted by atomic mass is 32.1. The van der Waals surface area contributed by atoms with Crippen LogP contribution in [-0.4, -0.2) is 42.1 Å². The monoisotopic (exact) mass is 346 g/mol. The quantitative estimate of drug-likeness (QED) is 0.772. The molecule has 6 heteroatoms. The molecule has 1 saturated heterocycles. The Morgan fingerprint density at radius 3 is 3.12 bits per heavy atom. The van der Waals surface area contributed by atoms with E-state index < -0.39 is 0 Å². The lowest BCUT2D eigenvalue weighted by molar-refractivity contribution is 0.0730. The number of ether oxygens (including phenoxy) is 2. The lowest BCUT2D eigenvalue weighted by Crippen LogP contribution is -2.35. The van der Waals surface area contributed by atoms with Crippen LogP contribution in [0.25, 0.3) is 0 Å². The third kappa shape index (κ3) is 4.33. The summed E-state index contributed by atoms with van der Waals surface area (Å²) in [5, 5.41) is 1.96. The number of hydrogen-bond acceptors (Lipinski definition) is 5. The van der Waals surface area contributed by atoms with Gasteiger partial charge >= 0.3 is 0 Å². The number of nitrogens with zero attached hydrogens (tertiary/aromatic N) is 2. The van der Waals surface area contributed by atoms with Crippen LogP contribution in [0.4, 0.5) is 0 Å². The van der Waals surface area contributed by atoms with E-state index in [1.165, 1.54) is 0 Å². The van der Waals surface area contributed by atoms with Gasteiger partial charge in [-0.15, -0.1) is 11.3 Å². The fourth-order valence-corrected chi connectivity index (χ4v) is 3.31. The molecular weight excluding hydrogens is 324 g/mol. The highest BCUT2D eigenvalue weighted by Crippen LogP contribution is 2.19. The molecule has 2 aromatic rings. The molecule has 24 heavy (non-hydrogen) atoms. The number of benzene rings is 1. The number of carbonyl (C=O) groups excluding carboxylic acids is 1. The van der Waals surface area contributed by atoms with Crippen LogP contribution in [0, 0.1) is 5.92 Å². The van der Waals surface area contributed by atoms with Gasteiger partial charge in [0.05, 0.1) is 17.8 Å². The van der Waals surface area contributed by atoms with Crippen molar-refractivity contribution in [2.45, 2.75) is 20.0 Å². The third-order valence-electron chi connectivity index (χ3n) is 4.12. The number of rotatable bonds is 7. The molecule has 1 aliphatic heterocycles. The molecule has 2 heterocycles. The Bertz CT molecular complexity index is 654. The van der Waals surface area contributed by atoms with Crippen LogP contribution >= 0.6 is 11.3 Å². The van der Waals surface area contributed by atoms with Gasteiger partial charge in [0.2, 0.25) is 0 Å². The fourth-order valence-electron chi connectivity index (χ4n) is 2.76. The average Bonchev–Trinajstić information content (AvgIpc) is 3.31. The zero-order valence-electron chi connectivity index (χ0n) is 13.8. The SMILES string of the molecule is CCN(C[C@H]1CCOC1)C(=O)c1cccc(OCc2cscn2)c1. The smallest absolute Gasteiger partial charge is 0.253 e. The van der Waals surface area contributed by atoms with E-state index in [1.807, 2.05) is 41.5 Å². The van der Waals surface area contributed by atoms with E-state index in [9.17, 15) is 4.79 Å². The maximum absolute atomic E-state index is 12.8. The Balaban J connectivity index is 1.63. The van der Waals surface area contributed by atoms with E-state index in [0.29, 0.717) is 30.4 Å². The Kier molecular flexibility index (Phi) is 5.82. The molecule has 3 rings (SSSR count). The number of carbonyl (C=O) groups is 1. The van der Waals surface area contributed by atoms with E-state index in [4.69, 9.17) is 9.47 Å². The predicted octanol–water partition coefficient (Wildman–Crippen LogP) is 3.22. The van der Waals surface area contributed by atoms with Crippen LogP contribution in [-0.2, 0) is 11.3 Å². The Morgan fingerprint density at radius 2 is 2.42 bits per heavy atom. The molecule has 1 amide bonds. The summed E-state index contributed by atoms with van der Waals surface area (Å²) in [4.78, 5) is 18.8. The van der Waals surface area contributed by atoms with Crippen LogP contribution in [0.15, 0.2) is 35.2 Å². The summed E-state index contributed by atoms with van der Waals surface area (Å²) in [5.74, 6) is 1.18. The van der Waals surface area contributed by atoms with Gasteiger partial charge in [0.25, 0.3) is 5.91 Å². The number of hydrogen-bond donors (Lipinski definition) is 0. The van der Waals surface area contributed by atoms with Gasteiger partial charge in [0.1, 0.15) is 12.4 Å². The Hall–Kier alpha value is -1.92. The second kappa shape index (κ2) is 8.26. The minimum Gasteiger partial charge on any atom is -0.487 e. The van der Waals surface area contributed by atoms with Crippen molar-refractivity contribution < 1.29 is 14.3 Å². The van der Waals surface area contributed by atoms with Crippen LogP contribution < -0.4 is 4.74 Å². The molecule has 0 aliphatic carbocycles. The molecule has 0 radical (unpaired) electrons. The zero-order valence-corrected chi connectivity index (χ0v) is 14.6. The summed E-state index contributed by atoms with van der Waals surface area (Å²) in [6.45, 7) is 5.42. The molecule has 1 atom stereocenters. The van der Waals surface area contributed by atoms with Gasteiger partial charge in [-0.3, -0.25) is 4.79 Å². The van der Waals surface area contributed by atoms with Crippen molar-refractivity contribution in [1.82, 2.24) is 9.88 Å². The van der Waals surface area contributed by atoms with Crippen LogP contribution in [0.2, 0.25) is 0 Å². The van der Waals surface area contributed by atoms with Crippen molar-refractivity contribution >= 4 is 17.2 Å². The first-order valence-electron chi connectivity index (χ1n) is 8.23. The van der Waals surface area contributed by atoms with Crippen molar-refractivity contribution in [3.05, 3.63) is 46.4 Å². The summed E-state index contributed by atoms with van der Waals surface area (Å²) in [7, 11) is 0. The van der Waals surface area contributed by atoms with E-state index in [0.717, 1.165) is 31.9 Å². The topological polar surface area (TPSA) is 51.7 Å². The maximum Gasteiger partial charge on any atom is 0.253 e. The standard InChI is InChI=1S/C18H22N2O3S/c1-2-20(9-14-6-7-22-10-14)18(21)15-4-3-5-17(8-15)23-11-16-12-24-13-19-16/h3-5,8,12-14H,2,6-7,9-11H2,1H3/t14-/m1/s1. The number of amides is 1. The van der Waals surface area contributed by atoms with Gasteiger partial charge in [-0.1, -0.05) is 6.07 Å². The van der Waals surface area contributed by atoms with Crippen molar-refractivity contribution in [3.63, 3.8) is 0 Å². The first-order valence-corrected chi connectivity index (χ1v) is 9.17. The normalized spacial score (nSPS) is 17.0. The molecule has 1 fully saturated rings. The molecule has 0 spiro atoms. The Morgan fingerprint density at radius 1 is 1.50 bits per heavy atom. The molecule has 0 saturated carbocycles. The molecular formula is C18H22N2O3S. The van der Waals surface area contributed by atoms with Gasteiger partial charge in [0, 0.05) is 36.6 Å². The third-order valence-corrected chi connectivity index (χ3v) is 4.76. The van der Waals surface area contributed by atoms with Crippen LogP contribution in [0.1, 0.15) is 29.4 Å². The highest BCUT2D eigenvalue weighted by Gasteiger charge is 2.22. The second-order valence-electron chi connectivity index (χ2n) is 5.87. The first-order chi connectivity index (χ1) is 11.8. The molecule has 128 valence electrons. The molecule has 1 aliphatic rings. The largest absolute Gasteiger partial charge is 0.487 e. The molecule has 0 bridgehead atoms. The van der Waals surface area contributed by atoms with Gasteiger partial charge in [-0.25, -0.2) is 4.98 Å². The minimum absolute atomic E-state index is 0.0449.